The Morgan fingerprint density at radius 1 is 1.25 bits per heavy atom. The molecule has 3 rings (SSSR count). The Morgan fingerprint density at radius 3 is 2.67 bits per heavy atom. The number of nitrogens with one attached hydrogen (secondary N) is 1. The van der Waals surface area contributed by atoms with Gasteiger partial charge < -0.3 is 10.2 Å². The third-order valence-electron chi connectivity index (χ3n) is 4.60. The first-order chi connectivity index (χ1) is 11.7. The number of urea groups is 1. The standard InChI is InChI=1S/C18H25N5O/c1-2-23-14-17(20-21-23)13-19-18(24)22-10-8-16(9-11-22)12-15-6-4-3-5-7-15/h3-7,14,16H,2,8-13H2,1H3,(H,19,24). The predicted octanol–water partition coefficient (Wildman–Crippen LogP) is 2.46. The van der Waals surface area contributed by atoms with Crippen molar-refractivity contribution in [3.8, 4) is 0 Å². The third kappa shape index (κ3) is 4.34. The molecular formula is C18H25N5O. The lowest BCUT2D eigenvalue weighted by molar-refractivity contribution is 0.170. The topological polar surface area (TPSA) is 63.1 Å². The van der Waals surface area contributed by atoms with Crippen molar-refractivity contribution in [3.63, 3.8) is 0 Å². The zero-order valence-electron chi connectivity index (χ0n) is 14.2. The van der Waals surface area contributed by atoms with Crippen LogP contribution in [0.4, 0.5) is 4.79 Å². The molecule has 6 nitrogen and oxygen atoms in total. The molecule has 1 aliphatic rings. The third-order valence-corrected chi connectivity index (χ3v) is 4.60. The van der Waals surface area contributed by atoms with Crippen molar-refractivity contribution in [2.45, 2.75) is 39.3 Å². The SMILES string of the molecule is CCn1cc(CNC(=O)N2CCC(Cc3ccccc3)CC2)nn1. The van der Waals surface area contributed by atoms with Gasteiger partial charge in [-0.1, -0.05) is 35.5 Å². The second kappa shape index (κ2) is 7.95. The van der Waals surface area contributed by atoms with E-state index in [0.29, 0.717) is 12.5 Å². The summed E-state index contributed by atoms with van der Waals surface area (Å²) in [6, 6.07) is 10.6. The van der Waals surface area contributed by atoms with Gasteiger partial charge in [-0.2, -0.15) is 0 Å². The number of piperidine rings is 1. The number of carbonyl (C=O) groups is 1. The first-order valence-corrected chi connectivity index (χ1v) is 8.70. The molecule has 1 aliphatic heterocycles. The molecule has 1 saturated heterocycles. The van der Waals surface area contributed by atoms with Gasteiger partial charge in [0.15, 0.2) is 0 Å². The minimum absolute atomic E-state index is 0.000732. The van der Waals surface area contributed by atoms with Crippen LogP contribution in [0.25, 0.3) is 0 Å². The lowest BCUT2D eigenvalue weighted by Crippen LogP contribution is -2.44. The summed E-state index contributed by atoms with van der Waals surface area (Å²) >= 11 is 0. The van der Waals surface area contributed by atoms with Gasteiger partial charge in [-0.05, 0) is 37.7 Å². The number of hydrogen-bond acceptors (Lipinski definition) is 3. The molecule has 1 aromatic carbocycles. The number of carbonyl (C=O) groups excluding carboxylic acids is 1. The Balaban J connectivity index is 1.41. The summed E-state index contributed by atoms with van der Waals surface area (Å²) < 4.78 is 1.76. The van der Waals surface area contributed by atoms with Crippen LogP contribution < -0.4 is 5.32 Å². The Kier molecular flexibility index (Phi) is 5.46. The van der Waals surface area contributed by atoms with Crippen molar-refractivity contribution < 1.29 is 4.79 Å². The van der Waals surface area contributed by atoms with Gasteiger partial charge in [-0.3, -0.25) is 4.68 Å². The van der Waals surface area contributed by atoms with E-state index in [9.17, 15) is 4.79 Å². The summed E-state index contributed by atoms with van der Waals surface area (Å²) in [6.45, 7) is 4.88. The second-order valence-electron chi connectivity index (χ2n) is 6.34. The van der Waals surface area contributed by atoms with E-state index in [2.05, 4.69) is 46.0 Å². The van der Waals surface area contributed by atoms with Crippen LogP contribution in [0.3, 0.4) is 0 Å². The van der Waals surface area contributed by atoms with Crippen molar-refractivity contribution in [1.82, 2.24) is 25.2 Å². The van der Waals surface area contributed by atoms with Crippen molar-refractivity contribution in [1.29, 1.82) is 0 Å². The average molecular weight is 327 g/mol. The molecule has 0 atom stereocenters. The Hall–Kier alpha value is -2.37. The maximum atomic E-state index is 12.3. The minimum atomic E-state index is -0.000732. The zero-order valence-corrected chi connectivity index (χ0v) is 14.2. The van der Waals surface area contributed by atoms with E-state index < -0.39 is 0 Å². The molecule has 0 aliphatic carbocycles. The molecule has 0 saturated carbocycles. The maximum Gasteiger partial charge on any atom is 0.317 e. The van der Waals surface area contributed by atoms with E-state index in [4.69, 9.17) is 0 Å². The fourth-order valence-electron chi connectivity index (χ4n) is 3.14. The van der Waals surface area contributed by atoms with Crippen LogP contribution in [0.2, 0.25) is 0 Å². The van der Waals surface area contributed by atoms with Crippen LogP contribution in [-0.2, 0) is 19.5 Å². The fourth-order valence-corrected chi connectivity index (χ4v) is 3.14. The van der Waals surface area contributed by atoms with Crippen LogP contribution in [0.1, 0.15) is 31.0 Å². The lowest BCUT2D eigenvalue weighted by Gasteiger charge is -2.32. The highest BCUT2D eigenvalue weighted by atomic mass is 16.2. The van der Waals surface area contributed by atoms with Gasteiger partial charge in [0.05, 0.1) is 12.7 Å². The van der Waals surface area contributed by atoms with Crippen LogP contribution in [0, 0.1) is 5.92 Å². The van der Waals surface area contributed by atoms with Crippen molar-refractivity contribution in [2.24, 2.45) is 5.92 Å². The van der Waals surface area contributed by atoms with E-state index in [1.807, 2.05) is 18.0 Å². The molecule has 0 spiro atoms. The molecule has 2 heterocycles. The summed E-state index contributed by atoms with van der Waals surface area (Å²) in [5.74, 6) is 0.668. The average Bonchev–Trinajstić information content (AvgIpc) is 3.09. The minimum Gasteiger partial charge on any atom is -0.332 e. The van der Waals surface area contributed by atoms with E-state index in [-0.39, 0.29) is 6.03 Å². The molecule has 128 valence electrons. The number of rotatable bonds is 5. The molecule has 0 unspecified atom stereocenters. The molecule has 1 N–H and O–H groups in total. The molecule has 0 bridgehead atoms. The van der Waals surface area contributed by atoms with Gasteiger partial charge in [0.2, 0.25) is 0 Å². The van der Waals surface area contributed by atoms with E-state index in [1.54, 1.807) is 4.68 Å². The molecular weight excluding hydrogens is 302 g/mol. The molecule has 2 aromatic rings. The second-order valence-corrected chi connectivity index (χ2v) is 6.34. The van der Waals surface area contributed by atoms with E-state index >= 15 is 0 Å². The molecule has 6 heteroatoms. The van der Waals surface area contributed by atoms with Gasteiger partial charge in [0, 0.05) is 19.6 Å². The van der Waals surface area contributed by atoms with Crippen molar-refractivity contribution in [3.05, 3.63) is 47.8 Å². The number of hydrogen-bond donors (Lipinski definition) is 1. The maximum absolute atomic E-state index is 12.3. The highest BCUT2D eigenvalue weighted by molar-refractivity contribution is 5.74. The Labute approximate surface area is 142 Å². The molecule has 2 amide bonds. The fraction of sp³-hybridized carbons (Fsp3) is 0.500. The number of benzene rings is 1. The van der Waals surface area contributed by atoms with Crippen LogP contribution >= 0.6 is 0 Å². The quantitative estimate of drug-likeness (QED) is 0.917. The molecule has 24 heavy (non-hydrogen) atoms. The van der Waals surface area contributed by atoms with Gasteiger partial charge in [-0.25, -0.2) is 4.79 Å². The Bertz CT molecular complexity index is 646. The van der Waals surface area contributed by atoms with Gasteiger partial charge in [0.1, 0.15) is 5.69 Å². The molecule has 0 radical (unpaired) electrons. The van der Waals surface area contributed by atoms with Crippen LogP contribution in [0.5, 0.6) is 0 Å². The predicted molar refractivity (Wildman–Crippen MR) is 92.4 cm³/mol. The normalized spacial score (nSPS) is 15.5. The smallest absolute Gasteiger partial charge is 0.317 e. The summed E-state index contributed by atoms with van der Waals surface area (Å²) in [7, 11) is 0. The van der Waals surface area contributed by atoms with Crippen molar-refractivity contribution >= 4 is 6.03 Å². The number of amides is 2. The number of aromatic nitrogens is 3. The molecule has 1 fully saturated rings. The van der Waals surface area contributed by atoms with E-state index in [1.165, 1.54) is 5.56 Å². The first-order valence-electron chi connectivity index (χ1n) is 8.70. The number of nitrogens with zero attached hydrogens (tertiary/aromatic N) is 4. The Morgan fingerprint density at radius 2 is 2.00 bits per heavy atom. The van der Waals surface area contributed by atoms with Gasteiger partial charge in [0.25, 0.3) is 0 Å². The highest BCUT2D eigenvalue weighted by Gasteiger charge is 2.22. The summed E-state index contributed by atoms with van der Waals surface area (Å²) in [5.41, 5.74) is 2.18. The van der Waals surface area contributed by atoms with Crippen LogP contribution in [0.15, 0.2) is 36.5 Å². The van der Waals surface area contributed by atoms with Gasteiger partial charge >= 0.3 is 6.03 Å². The van der Waals surface area contributed by atoms with E-state index in [0.717, 1.165) is 44.6 Å². The monoisotopic (exact) mass is 327 g/mol. The first kappa shape index (κ1) is 16.5. The molecule has 1 aromatic heterocycles. The summed E-state index contributed by atoms with van der Waals surface area (Å²) in [5, 5.41) is 11.0. The van der Waals surface area contributed by atoms with Crippen LogP contribution in [-0.4, -0.2) is 39.0 Å². The largest absolute Gasteiger partial charge is 0.332 e. The van der Waals surface area contributed by atoms with Crippen molar-refractivity contribution in [2.75, 3.05) is 13.1 Å². The number of likely N-dealkylation sites (tertiary alicyclic amines) is 1. The number of aryl methyl sites for hydroxylation is 1. The lowest BCUT2D eigenvalue weighted by atomic mass is 9.90. The summed E-state index contributed by atoms with van der Waals surface area (Å²) in [6.07, 6.45) is 5.10. The zero-order chi connectivity index (χ0) is 16.8. The summed E-state index contributed by atoms with van der Waals surface area (Å²) in [4.78, 5) is 14.2. The highest BCUT2D eigenvalue weighted by Crippen LogP contribution is 2.21. The van der Waals surface area contributed by atoms with Gasteiger partial charge in [-0.15, -0.1) is 5.10 Å².